The van der Waals surface area contributed by atoms with E-state index in [2.05, 4.69) is 15.3 Å². The van der Waals surface area contributed by atoms with E-state index in [1.165, 1.54) is 0 Å². The third-order valence-electron chi connectivity index (χ3n) is 2.64. The average molecular weight is 268 g/mol. The largest absolute Gasteiger partial charge is 0.345 e. The normalized spacial score (nSPS) is 10.8. The predicted octanol–water partition coefficient (Wildman–Crippen LogP) is 2.90. The molecule has 0 amide bonds. The van der Waals surface area contributed by atoms with Gasteiger partial charge in [-0.25, -0.2) is 9.37 Å². The van der Waals surface area contributed by atoms with E-state index in [0.717, 1.165) is 24.6 Å². The first-order chi connectivity index (χ1) is 8.70. The fraction of sp³-hybridized carbons (Fsp3) is 0.308. The highest BCUT2D eigenvalue weighted by Crippen LogP contribution is 2.19. The predicted molar refractivity (Wildman–Crippen MR) is 70.2 cm³/mol. The lowest BCUT2D eigenvalue weighted by molar-refractivity contribution is 0.612. The fourth-order valence-corrected chi connectivity index (χ4v) is 1.90. The second-order valence-electron chi connectivity index (χ2n) is 4.03. The van der Waals surface area contributed by atoms with E-state index in [1.54, 1.807) is 24.4 Å². The maximum Gasteiger partial charge on any atom is 0.145 e. The minimum absolute atomic E-state index is 0.145. The summed E-state index contributed by atoms with van der Waals surface area (Å²) in [5.41, 5.74) is 1.54. The van der Waals surface area contributed by atoms with Crippen LogP contribution in [0.2, 0.25) is 5.02 Å². The molecule has 1 aromatic carbocycles. The molecule has 0 bridgehead atoms. The Morgan fingerprint density at radius 3 is 3.06 bits per heavy atom. The summed E-state index contributed by atoms with van der Waals surface area (Å²) >= 11 is 5.74. The second kappa shape index (κ2) is 5.98. The molecule has 0 fully saturated rings. The highest BCUT2D eigenvalue weighted by molar-refractivity contribution is 6.30. The molecule has 0 radical (unpaired) electrons. The van der Waals surface area contributed by atoms with Crippen molar-refractivity contribution in [3.8, 4) is 0 Å². The Hall–Kier alpha value is -1.39. The first-order valence-electron chi connectivity index (χ1n) is 5.87. The number of H-pyrrole nitrogens is 1. The molecule has 0 aliphatic carbocycles. The van der Waals surface area contributed by atoms with Crippen molar-refractivity contribution in [3.05, 3.63) is 52.3 Å². The molecule has 0 saturated carbocycles. The monoisotopic (exact) mass is 267 g/mol. The van der Waals surface area contributed by atoms with Gasteiger partial charge in [-0.1, -0.05) is 30.7 Å². The SMILES string of the molecule is CCNCc1cnc(Cc2cccc(Cl)c2F)[nH]1. The minimum atomic E-state index is -0.371. The topological polar surface area (TPSA) is 40.7 Å². The van der Waals surface area contributed by atoms with E-state index in [1.807, 2.05) is 6.92 Å². The quantitative estimate of drug-likeness (QED) is 0.875. The third-order valence-corrected chi connectivity index (χ3v) is 2.93. The highest BCUT2D eigenvalue weighted by Gasteiger charge is 2.08. The second-order valence-corrected chi connectivity index (χ2v) is 4.43. The number of rotatable bonds is 5. The zero-order valence-corrected chi connectivity index (χ0v) is 10.9. The molecule has 5 heteroatoms. The molecular weight excluding hydrogens is 253 g/mol. The molecule has 0 aliphatic rings. The number of imidazole rings is 1. The number of hydrogen-bond donors (Lipinski definition) is 2. The van der Waals surface area contributed by atoms with Crippen LogP contribution in [0.15, 0.2) is 24.4 Å². The summed E-state index contributed by atoms with van der Waals surface area (Å²) in [7, 11) is 0. The van der Waals surface area contributed by atoms with Crippen LogP contribution in [-0.2, 0) is 13.0 Å². The average Bonchev–Trinajstić information content (AvgIpc) is 2.80. The Balaban J connectivity index is 2.09. The van der Waals surface area contributed by atoms with Gasteiger partial charge in [0, 0.05) is 24.9 Å². The summed E-state index contributed by atoms with van der Waals surface area (Å²) in [6.45, 7) is 3.68. The number of halogens is 2. The Kier molecular flexibility index (Phi) is 4.33. The van der Waals surface area contributed by atoms with Crippen LogP contribution in [-0.4, -0.2) is 16.5 Å². The maximum absolute atomic E-state index is 13.7. The summed E-state index contributed by atoms with van der Waals surface area (Å²) in [6.07, 6.45) is 2.18. The molecule has 2 N–H and O–H groups in total. The van der Waals surface area contributed by atoms with E-state index in [-0.39, 0.29) is 10.8 Å². The molecule has 0 atom stereocenters. The molecule has 0 aliphatic heterocycles. The summed E-state index contributed by atoms with van der Waals surface area (Å²) in [5, 5.41) is 3.34. The number of aromatic nitrogens is 2. The van der Waals surface area contributed by atoms with Crippen molar-refractivity contribution in [1.29, 1.82) is 0 Å². The van der Waals surface area contributed by atoms with Crippen molar-refractivity contribution in [2.45, 2.75) is 19.9 Å². The summed E-state index contributed by atoms with van der Waals surface area (Å²) in [4.78, 5) is 7.39. The Morgan fingerprint density at radius 2 is 2.28 bits per heavy atom. The standard InChI is InChI=1S/C13H15ClFN3/c1-2-16-7-10-8-17-12(18-10)6-9-4-3-5-11(14)13(9)15/h3-5,8,16H,2,6-7H2,1H3,(H,17,18). The van der Waals surface area contributed by atoms with Crippen LogP contribution in [0, 0.1) is 5.82 Å². The van der Waals surface area contributed by atoms with E-state index in [4.69, 9.17) is 11.6 Å². The smallest absolute Gasteiger partial charge is 0.145 e. The molecule has 1 aromatic heterocycles. The van der Waals surface area contributed by atoms with Crippen molar-refractivity contribution in [1.82, 2.24) is 15.3 Å². The molecular formula is C13H15ClFN3. The lowest BCUT2D eigenvalue weighted by Crippen LogP contribution is -2.11. The van der Waals surface area contributed by atoms with Crippen molar-refractivity contribution in [2.75, 3.05) is 6.54 Å². The van der Waals surface area contributed by atoms with Crippen LogP contribution in [0.3, 0.4) is 0 Å². The van der Waals surface area contributed by atoms with Gasteiger partial charge in [0.25, 0.3) is 0 Å². The molecule has 96 valence electrons. The van der Waals surface area contributed by atoms with Gasteiger partial charge in [0.1, 0.15) is 11.6 Å². The van der Waals surface area contributed by atoms with E-state index >= 15 is 0 Å². The van der Waals surface area contributed by atoms with Gasteiger partial charge in [-0.3, -0.25) is 0 Å². The first-order valence-corrected chi connectivity index (χ1v) is 6.25. The fourth-order valence-electron chi connectivity index (χ4n) is 1.71. The first kappa shape index (κ1) is 13.1. The summed E-state index contributed by atoms with van der Waals surface area (Å²) in [6, 6.07) is 5.00. The van der Waals surface area contributed by atoms with Gasteiger partial charge in [-0.2, -0.15) is 0 Å². The van der Waals surface area contributed by atoms with Crippen LogP contribution in [0.25, 0.3) is 0 Å². The van der Waals surface area contributed by atoms with Crippen molar-refractivity contribution in [3.63, 3.8) is 0 Å². The van der Waals surface area contributed by atoms with E-state index < -0.39 is 0 Å². The molecule has 2 rings (SSSR count). The molecule has 1 heterocycles. The number of aromatic amines is 1. The molecule has 0 unspecified atom stereocenters. The number of hydrogen-bond acceptors (Lipinski definition) is 2. The zero-order chi connectivity index (χ0) is 13.0. The van der Waals surface area contributed by atoms with Crippen LogP contribution >= 0.6 is 11.6 Å². The third kappa shape index (κ3) is 3.09. The number of nitrogens with one attached hydrogen (secondary N) is 2. The van der Waals surface area contributed by atoms with Gasteiger partial charge >= 0.3 is 0 Å². The lowest BCUT2D eigenvalue weighted by Gasteiger charge is -2.02. The van der Waals surface area contributed by atoms with Crippen LogP contribution in [0.5, 0.6) is 0 Å². The van der Waals surface area contributed by atoms with Crippen molar-refractivity contribution >= 4 is 11.6 Å². The Morgan fingerprint density at radius 1 is 1.44 bits per heavy atom. The lowest BCUT2D eigenvalue weighted by atomic mass is 10.1. The number of benzene rings is 1. The van der Waals surface area contributed by atoms with Crippen molar-refractivity contribution in [2.24, 2.45) is 0 Å². The highest BCUT2D eigenvalue weighted by atomic mass is 35.5. The number of nitrogens with zero attached hydrogens (tertiary/aromatic N) is 1. The summed E-state index contributed by atoms with van der Waals surface area (Å²) < 4.78 is 13.7. The maximum atomic E-state index is 13.7. The van der Waals surface area contributed by atoms with Gasteiger partial charge < -0.3 is 10.3 Å². The zero-order valence-electron chi connectivity index (χ0n) is 10.1. The molecule has 0 spiro atoms. The minimum Gasteiger partial charge on any atom is -0.345 e. The van der Waals surface area contributed by atoms with Gasteiger partial charge in [0.2, 0.25) is 0 Å². The van der Waals surface area contributed by atoms with Crippen LogP contribution in [0.1, 0.15) is 24.0 Å². The van der Waals surface area contributed by atoms with Crippen LogP contribution < -0.4 is 5.32 Å². The summed E-state index contributed by atoms with van der Waals surface area (Å²) in [5.74, 6) is 0.368. The van der Waals surface area contributed by atoms with Crippen molar-refractivity contribution < 1.29 is 4.39 Å². The van der Waals surface area contributed by atoms with Gasteiger partial charge in [0.15, 0.2) is 0 Å². The van der Waals surface area contributed by atoms with Gasteiger partial charge in [0.05, 0.1) is 5.02 Å². The Labute approximate surface area is 110 Å². The van der Waals surface area contributed by atoms with Crippen LogP contribution in [0.4, 0.5) is 4.39 Å². The van der Waals surface area contributed by atoms with Gasteiger partial charge in [-0.05, 0) is 18.2 Å². The molecule has 0 saturated heterocycles. The van der Waals surface area contributed by atoms with E-state index in [0.29, 0.717) is 12.0 Å². The Bertz CT molecular complexity index is 525. The molecule has 3 nitrogen and oxygen atoms in total. The van der Waals surface area contributed by atoms with E-state index in [9.17, 15) is 4.39 Å². The molecule has 18 heavy (non-hydrogen) atoms. The molecule has 2 aromatic rings. The van der Waals surface area contributed by atoms with Gasteiger partial charge in [-0.15, -0.1) is 0 Å².